The van der Waals surface area contributed by atoms with Gasteiger partial charge < -0.3 is 10.2 Å². The summed E-state index contributed by atoms with van der Waals surface area (Å²) in [5.41, 5.74) is 2.50. The molecule has 2 aromatic rings. The van der Waals surface area contributed by atoms with Crippen molar-refractivity contribution in [3.05, 3.63) is 71.8 Å². The summed E-state index contributed by atoms with van der Waals surface area (Å²) >= 11 is 1.74. The van der Waals surface area contributed by atoms with Gasteiger partial charge in [0.1, 0.15) is 6.04 Å². The molecule has 32 heavy (non-hydrogen) atoms. The molecular weight excluding hydrogens is 416 g/mol. The van der Waals surface area contributed by atoms with Crippen LogP contribution in [-0.4, -0.2) is 40.4 Å². The van der Waals surface area contributed by atoms with Gasteiger partial charge in [-0.1, -0.05) is 88.4 Å². The van der Waals surface area contributed by atoms with Gasteiger partial charge in [0.05, 0.1) is 5.37 Å². The molecule has 1 heterocycles. The van der Waals surface area contributed by atoms with Gasteiger partial charge in [-0.2, -0.15) is 0 Å². The number of nitrogens with zero attached hydrogens (tertiary/aromatic N) is 1. The van der Waals surface area contributed by atoms with Crippen molar-refractivity contribution in [1.82, 2.24) is 10.2 Å². The highest BCUT2D eigenvalue weighted by Crippen LogP contribution is 2.35. The Morgan fingerprint density at radius 1 is 0.969 bits per heavy atom. The molecule has 0 aromatic heterocycles. The average Bonchev–Trinajstić information content (AvgIpc) is 3.20. The topological polar surface area (TPSA) is 49.4 Å². The molecule has 0 saturated carbocycles. The summed E-state index contributed by atoms with van der Waals surface area (Å²) in [6, 6.07) is 20.5. The molecule has 3 rings (SSSR count). The summed E-state index contributed by atoms with van der Waals surface area (Å²) in [6.45, 7) is 8.74. The molecule has 2 amide bonds. The molecule has 0 radical (unpaired) electrons. The lowest BCUT2D eigenvalue weighted by Gasteiger charge is -2.31. The lowest BCUT2D eigenvalue weighted by atomic mass is 9.88. The van der Waals surface area contributed by atoms with Gasteiger partial charge in [-0.05, 0) is 29.9 Å². The predicted molar refractivity (Wildman–Crippen MR) is 134 cm³/mol. The Labute approximate surface area is 197 Å². The van der Waals surface area contributed by atoms with Crippen LogP contribution in [0.5, 0.6) is 0 Å². The van der Waals surface area contributed by atoms with Gasteiger partial charge in [-0.15, -0.1) is 11.8 Å². The van der Waals surface area contributed by atoms with Gasteiger partial charge in [0.15, 0.2) is 0 Å². The van der Waals surface area contributed by atoms with Crippen LogP contribution >= 0.6 is 11.8 Å². The summed E-state index contributed by atoms with van der Waals surface area (Å²) in [6.07, 6.45) is 1.73. The maximum atomic E-state index is 13.2. The molecule has 1 fully saturated rings. The Morgan fingerprint density at radius 3 is 2.03 bits per heavy atom. The Bertz CT molecular complexity index is 830. The van der Waals surface area contributed by atoms with Crippen LogP contribution in [-0.2, 0) is 9.59 Å². The number of hydrogen-bond acceptors (Lipinski definition) is 3. The third-order valence-corrected chi connectivity index (χ3v) is 7.27. The Hall–Kier alpha value is -2.27. The Kier molecular flexibility index (Phi) is 8.80. The number of benzene rings is 2. The first-order chi connectivity index (χ1) is 15.4. The van der Waals surface area contributed by atoms with E-state index in [4.69, 9.17) is 0 Å². The minimum atomic E-state index is -0.384. The first-order valence-corrected chi connectivity index (χ1v) is 12.7. The van der Waals surface area contributed by atoms with E-state index in [1.165, 1.54) is 11.1 Å². The van der Waals surface area contributed by atoms with Crippen LogP contribution in [0.2, 0.25) is 0 Å². The monoisotopic (exact) mass is 452 g/mol. The maximum absolute atomic E-state index is 13.2. The number of thioether (sulfide) groups is 1. The van der Waals surface area contributed by atoms with Crippen LogP contribution in [0.15, 0.2) is 60.7 Å². The molecule has 1 aliphatic heterocycles. The van der Waals surface area contributed by atoms with E-state index in [1.54, 1.807) is 11.8 Å². The van der Waals surface area contributed by atoms with Gasteiger partial charge in [0.2, 0.25) is 11.8 Å². The van der Waals surface area contributed by atoms with E-state index >= 15 is 0 Å². The minimum Gasteiger partial charge on any atom is -0.354 e. The molecule has 4 nitrogen and oxygen atoms in total. The van der Waals surface area contributed by atoms with Crippen LogP contribution in [0, 0.1) is 11.8 Å². The minimum absolute atomic E-state index is 0.0300. The number of nitrogens with one attached hydrogen (secondary N) is 1. The molecule has 0 spiro atoms. The molecule has 2 atom stereocenters. The SMILES string of the molecule is CC(C)CC1SCC(C(=O)NCCC(c2ccccc2)c2ccccc2)N1C(=O)C(C)C. The van der Waals surface area contributed by atoms with Crippen LogP contribution in [0.25, 0.3) is 0 Å². The summed E-state index contributed by atoms with van der Waals surface area (Å²) in [4.78, 5) is 27.9. The number of hydrogen-bond donors (Lipinski definition) is 1. The third kappa shape index (κ3) is 6.16. The second-order valence-electron chi connectivity index (χ2n) is 9.29. The third-order valence-electron chi connectivity index (χ3n) is 5.95. The van der Waals surface area contributed by atoms with Gasteiger partial charge in [0, 0.05) is 24.1 Å². The normalized spacial score (nSPS) is 18.5. The highest BCUT2D eigenvalue weighted by molar-refractivity contribution is 8.00. The number of carbonyl (C=O) groups excluding carboxylic acids is 2. The zero-order chi connectivity index (χ0) is 23.1. The molecular formula is C27H36N2O2S. The van der Waals surface area contributed by atoms with Crippen molar-refractivity contribution in [3.63, 3.8) is 0 Å². The quantitative estimate of drug-likeness (QED) is 0.562. The van der Waals surface area contributed by atoms with E-state index in [0.29, 0.717) is 18.2 Å². The molecule has 2 aromatic carbocycles. The number of rotatable bonds is 9. The largest absolute Gasteiger partial charge is 0.354 e. The Morgan fingerprint density at radius 2 is 1.53 bits per heavy atom. The van der Waals surface area contributed by atoms with Gasteiger partial charge in [-0.25, -0.2) is 0 Å². The average molecular weight is 453 g/mol. The van der Waals surface area contributed by atoms with Crippen LogP contribution in [0.1, 0.15) is 57.6 Å². The van der Waals surface area contributed by atoms with Crippen molar-refractivity contribution < 1.29 is 9.59 Å². The number of amides is 2. The van der Waals surface area contributed by atoms with Crippen molar-refractivity contribution in [2.45, 2.75) is 57.9 Å². The molecule has 5 heteroatoms. The smallest absolute Gasteiger partial charge is 0.243 e. The van der Waals surface area contributed by atoms with Crippen molar-refractivity contribution in [2.75, 3.05) is 12.3 Å². The van der Waals surface area contributed by atoms with E-state index < -0.39 is 0 Å². The highest BCUT2D eigenvalue weighted by Gasteiger charge is 2.42. The van der Waals surface area contributed by atoms with E-state index in [9.17, 15) is 9.59 Å². The van der Waals surface area contributed by atoms with Crippen molar-refractivity contribution in [2.24, 2.45) is 11.8 Å². The predicted octanol–water partition coefficient (Wildman–Crippen LogP) is 5.30. The fraction of sp³-hybridized carbons (Fsp3) is 0.481. The Balaban J connectivity index is 1.67. The van der Waals surface area contributed by atoms with E-state index in [-0.39, 0.29) is 35.1 Å². The van der Waals surface area contributed by atoms with Crippen molar-refractivity contribution in [1.29, 1.82) is 0 Å². The van der Waals surface area contributed by atoms with Crippen LogP contribution in [0.4, 0.5) is 0 Å². The van der Waals surface area contributed by atoms with Crippen LogP contribution in [0.3, 0.4) is 0 Å². The molecule has 1 saturated heterocycles. The second-order valence-corrected chi connectivity index (χ2v) is 10.5. The standard InChI is InChI=1S/C27H36N2O2S/c1-19(2)17-25-29(27(31)20(3)4)24(18-32-25)26(30)28-16-15-23(21-11-7-5-8-12-21)22-13-9-6-10-14-22/h5-14,19-20,23-25H,15-18H2,1-4H3,(H,28,30). The van der Waals surface area contributed by atoms with Gasteiger partial charge >= 0.3 is 0 Å². The zero-order valence-electron chi connectivity index (χ0n) is 19.7. The first-order valence-electron chi connectivity index (χ1n) is 11.7. The summed E-state index contributed by atoms with van der Waals surface area (Å²) in [5.74, 6) is 1.30. The van der Waals surface area contributed by atoms with E-state index in [2.05, 4.69) is 67.7 Å². The molecule has 172 valence electrons. The fourth-order valence-electron chi connectivity index (χ4n) is 4.30. The van der Waals surface area contributed by atoms with Gasteiger partial charge in [-0.3, -0.25) is 9.59 Å². The molecule has 1 N–H and O–H groups in total. The molecule has 2 unspecified atom stereocenters. The summed E-state index contributed by atoms with van der Waals surface area (Å²) in [7, 11) is 0. The van der Waals surface area contributed by atoms with Crippen LogP contribution < -0.4 is 5.32 Å². The summed E-state index contributed by atoms with van der Waals surface area (Å²) in [5, 5.41) is 3.23. The number of carbonyl (C=O) groups is 2. The molecule has 0 aliphatic carbocycles. The highest BCUT2D eigenvalue weighted by atomic mass is 32.2. The van der Waals surface area contributed by atoms with Crippen molar-refractivity contribution in [3.8, 4) is 0 Å². The lowest BCUT2D eigenvalue weighted by Crippen LogP contribution is -2.51. The van der Waals surface area contributed by atoms with Crippen molar-refractivity contribution >= 4 is 23.6 Å². The zero-order valence-corrected chi connectivity index (χ0v) is 20.5. The first kappa shape index (κ1) is 24.4. The van der Waals surface area contributed by atoms with Gasteiger partial charge in [0.25, 0.3) is 0 Å². The second kappa shape index (κ2) is 11.6. The molecule has 0 bridgehead atoms. The summed E-state index contributed by atoms with van der Waals surface area (Å²) < 4.78 is 0. The van der Waals surface area contributed by atoms with E-state index in [0.717, 1.165) is 12.8 Å². The maximum Gasteiger partial charge on any atom is 0.243 e. The van der Waals surface area contributed by atoms with E-state index in [1.807, 2.05) is 30.9 Å². The fourth-order valence-corrected chi connectivity index (χ4v) is 5.95. The molecule has 1 aliphatic rings. The lowest BCUT2D eigenvalue weighted by molar-refractivity contribution is -0.142.